The Balaban J connectivity index is 3.17. The fourth-order valence-corrected chi connectivity index (χ4v) is 1.18. The summed E-state index contributed by atoms with van der Waals surface area (Å²) in [5.41, 5.74) is 0.864. The Kier molecular flexibility index (Phi) is 7.81. The van der Waals surface area contributed by atoms with Crippen LogP contribution in [0.25, 0.3) is 0 Å². The van der Waals surface area contributed by atoms with Crippen molar-refractivity contribution in [2.75, 3.05) is 6.61 Å². The first-order valence-electron chi connectivity index (χ1n) is 5.49. The van der Waals surface area contributed by atoms with Crippen LogP contribution in [-0.4, -0.2) is 23.9 Å². The van der Waals surface area contributed by atoms with Crippen molar-refractivity contribution in [3.63, 3.8) is 0 Å². The second-order valence-electron chi connectivity index (χ2n) is 4.13. The van der Waals surface area contributed by atoms with Crippen LogP contribution in [0.5, 0.6) is 0 Å². The summed E-state index contributed by atoms with van der Waals surface area (Å²) < 4.78 is 5.42. The standard InChI is InChI=1S/C12H24O2/c1-10(2)12(13)8-6-5-7-9-14-11(3)4/h11-13H,1,5-9H2,2-4H3. The van der Waals surface area contributed by atoms with Crippen LogP contribution in [0.2, 0.25) is 0 Å². The molecule has 0 aromatic rings. The molecule has 0 bridgehead atoms. The van der Waals surface area contributed by atoms with Gasteiger partial charge in [0.15, 0.2) is 0 Å². The summed E-state index contributed by atoms with van der Waals surface area (Å²) in [6, 6.07) is 0. The normalized spacial score (nSPS) is 13.2. The van der Waals surface area contributed by atoms with Gasteiger partial charge in [0.05, 0.1) is 12.2 Å². The Morgan fingerprint density at radius 3 is 2.43 bits per heavy atom. The van der Waals surface area contributed by atoms with Crippen molar-refractivity contribution in [3.8, 4) is 0 Å². The highest BCUT2D eigenvalue weighted by Crippen LogP contribution is 2.09. The number of unbranched alkanes of at least 4 members (excludes halogenated alkanes) is 2. The van der Waals surface area contributed by atoms with Gasteiger partial charge in [-0.1, -0.05) is 25.0 Å². The molecule has 0 fully saturated rings. The fraction of sp³-hybridized carbons (Fsp3) is 0.833. The number of aliphatic hydroxyl groups is 1. The molecule has 0 amide bonds. The van der Waals surface area contributed by atoms with Crippen molar-refractivity contribution in [2.45, 2.75) is 58.7 Å². The fourth-order valence-electron chi connectivity index (χ4n) is 1.18. The smallest absolute Gasteiger partial charge is 0.0744 e. The van der Waals surface area contributed by atoms with Gasteiger partial charge in [-0.25, -0.2) is 0 Å². The molecule has 0 radical (unpaired) electrons. The summed E-state index contributed by atoms with van der Waals surface area (Å²) >= 11 is 0. The number of ether oxygens (including phenoxy) is 1. The van der Waals surface area contributed by atoms with E-state index in [1.54, 1.807) is 0 Å². The highest BCUT2D eigenvalue weighted by Gasteiger charge is 2.03. The molecular formula is C12H24O2. The lowest BCUT2D eigenvalue weighted by Crippen LogP contribution is -2.07. The van der Waals surface area contributed by atoms with Crippen molar-refractivity contribution in [2.24, 2.45) is 0 Å². The SMILES string of the molecule is C=C(C)C(O)CCCCCOC(C)C. The van der Waals surface area contributed by atoms with Crippen LogP contribution in [0.3, 0.4) is 0 Å². The van der Waals surface area contributed by atoms with Crippen LogP contribution in [0, 0.1) is 0 Å². The molecule has 1 atom stereocenters. The van der Waals surface area contributed by atoms with Gasteiger partial charge in [0.1, 0.15) is 0 Å². The lowest BCUT2D eigenvalue weighted by Gasteiger charge is -2.10. The van der Waals surface area contributed by atoms with E-state index in [4.69, 9.17) is 4.74 Å². The van der Waals surface area contributed by atoms with E-state index in [0.29, 0.717) is 6.10 Å². The highest BCUT2D eigenvalue weighted by molar-refractivity contribution is 4.96. The van der Waals surface area contributed by atoms with E-state index in [1.807, 2.05) is 20.8 Å². The van der Waals surface area contributed by atoms with Gasteiger partial charge in [0.2, 0.25) is 0 Å². The first-order chi connectivity index (χ1) is 6.54. The number of hydrogen-bond acceptors (Lipinski definition) is 2. The van der Waals surface area contributed by atoms with Gasteiger partial charge in [-0.3, -0.25) is 0 Å². The first kappa shape index (κ1) is 13.7. The van der Waals surface area contributed by atoms with Gasteiger partial charge in [0, 0.05) is 6.61 Å². The predicted octanol–water partition coefficient (Wildman–Crippen LogP) is 2.91. The summed E-state index contributed by atoms with van der Waals surface area (Å²) in [7, 11) is 0. The Labute approximate surface area is 88.0 Å². The zero-order chi connectivity index (χ0) is 11.0. The average molecular weight is 200 g/mol. The maximum atomic E-state index is 9.44. The molecule has 0 spiro atoms. The number of aliphatic hydroxyl groups excluding tert-OH is 1. The van der Waals surface area contributed by atoms with Crippen LogP contribution in [0.1, 0.15) is 46.5 Å². The van der Waals surface area contributed by atoms with Crippen molar-refractivity contribution in [1.29, 1.82) is 0 Å². The molecule has 84 valence electrons. The highest BCUT2D eigenvalue weighted by atomic mass is 16.5. The van der Waals surface area contributed by atoms with Crippen LogP contribution in [0.4, 0.5) is 0 Å². The van der Waals surface area contributed by atoms with E-state index in [2.05, 4.69) is 6.58 Å². The molecule has 1 N–H and O–H groups in total. The molecule has 0 aliphatic rings. The molecule has 0 saturated heterocycles. The second-order valence-corrected chi connectivity index (χ2v) is 4.13. The molecule has 0 rings (SSSR count). The third-order valence-corrected chi connectivity index (χ3v) is 2.14. The summed E-state index contributed by atoms with van der Waals surface area (Å²) in [5, 5.41) is 9.44. The van der Waals surface area contributed by atoms with Gasteiger partial charge in [0.25, 0.3) is 0 Å². The van der Waals surface area contributed by atoms with Crippen molar-refractivity contribution in [1.82, 2.24) is 0 Å². The number of rotatable bonds is 8. The molecule has 0 aliphatic heterocycles. The van der Waals surface area contributed by atoms with Gasteiger partial charge < -0.3 is 9.84 Å². The van der Waals surface area contributed by atoms with E-state index >= 15 is 0 Å². The summed E-state index contributed by atoms with van der Waals surface area (Å²) in [6.45, 7) is 10.5. The molecule has 2 nitrogen and oxygen atoms in total. The molecular weight excluding hydrogens is 176 g/mol. The number of hydrogen-bond donors (Lipinski definition) is 1. The van der Waals surface area contributed by atoms with E-state index in [9.17, 15) is 5.11 Å². The Morgan fingerprint density at radius 1 is 1.29 bits per heavy atom. The van der Waals surface area contributed by atoms with Gasteiger partial charge >= 0.3 is 0 Å². The van der Waals surface area contributed by atoms with Gasteiger partial charge in [-0.2, -0.15) is 0 Å². The molecule has 0 aromatic carbocycles. The Hall–Kier alpha value is -0.340. The molecule has 2 heteroatoms. The quantitative estimate of drug-likeness (QED) is 0.482. The van der Waals surface area contributed by atoms with Crippen LogP contribution >= 0.6 is 0 Å². The van der Waals surface area contributed by atoms with Crippen LogP contribution < -0.4 is 0 Å². The third kappa shape index (κ3) is 8.27. The summed E-state index contributed by atoms with van der Waals surface area (Å²) in [5.74, 6) is 0. The summed E-state index contributed by atoms with van der Waals surface area (Å²) in [4.78, 5) is 0. The summed E-state index contributed by atoms with van der Waals surface area (Å²) in [6.07, 6.45) is 4.10. The lowest BCUT2D eigenvalue weighted by molar-refractivity contribution is 0.0750. The van der Waals surface area contributed by atoms with Crippen LogP contribution in [-0.2, 0) is 4.74 Å². The van der Waals surface area contributed by atoms with E-state index in [0.717, 1.165) is 37.9 Å². The van der Waals surface area contributed by atoms with Crippen molar-refractivity contribution >= 4 is 0 Å². The third-order valence-electron chi connectivity index (χ3n) is 2.14. The Morgan fingerprint density at radius 2 is 1.93 bits per heavy atom. The minimum atomic E-state index is -0.319. The van der Waals surface area contributed by atoms with Crippen LogP contribution in [0.15, 0.2) is 12.2 Å². The first-order valence-corrected chi connectivity index (χ1v) is 5.49. The average Bonchev–Trinajstić information content (AvgIpc) is 2.09. The van der Waals surface area contributed by atoms with E-state index in [1.165, 1.54) is 0 Å². The maximum absolute atomic E-state index is 9.44. The Bertz CT molecular complexity index is 152. The van der Waals surface area contributed by atoms with Gasteiger partial charge in [-0.15, -0.1) is 0 Å². The molecule has 1 unspecified atom stereocenters. The molecule has 0 aromatic heterocycles. The predicted molar refractivity (Wildman–Crippen MR) is 60.4 cm³/mol. The molecule has 0 heterocycles. The van der Waals surface area contributed by atoms with Gasteiger partial charge in [-0.05, 0) is 33.6 Å². The lowest BCUT2D eigenvalue weighted by atomic mass is 10.1. The van der Waals surface area contributed by atoms with E-state index < -0.39 is 0 Å². The van der Waals surface area contributed by atoms with Crippen molar-refractivity contribution in [3.05, 3.63) is 12.2 Å². The molecule has 0 saturated carbocycles. The minimum absolute atomic E-state index is 0.319. The molecule has 0 aliphatic carbocycles. The zero-order valence-electron chi connectivity index (χ0n) is 9.75. The zero-order valence-corrected chi connectivity index (χ0v) is 9.75. The van der Waals surface area contributed by atoms with E-state index in [-0.39, 0.29) is 6.10 Å². The monoisotopic (exact) mass is 200 g/mol. The second kappa shape index (κ2) is 8.01. The largest absolute Gasteiger partial charge is 0.389 e. The molecule has 14 heavy (non-hydrogen) atoms. The minimum Gasteiger partial charge on any atom is -0.389 e. The van der Waals surface area contributed by atoms with Crippen molar-refractivity contribution < 1.29 is 9.84 Å². The maximum Gasteiger partial charge on any atom is 0.0744 e. The topological polar surface area (TPSA) is 29.5 Å².